The Morgan fingerprint density at radius 3 is 2.74 bits per heavy atom. The molecule has 2 rings (SSSR count). The second-order valence-corrected chi connectivity index (χ2v) is 6.66. The standard InChI is InChI=1S/C17H22ClNO4/c1-17(2)15(21)11-7-6-10(23-3)9-12(11)14(16(17)22)19-13(20)5-4-8-18/h6-7,9,14,16,22H,4-5,8H2,1-3H3,(H,19,20). The minimum atomic E-state index is -1.02. The van der Waals surface area contributed by atoms with Crippen molar-refractivity contribution in [3.63, 3.8) is 0 Å². The molecule has 1 aliphatic carbocycles. The van der Waals surface area contributed by atoms with Crippen molar-refractivity contribution in [2.45, 2.75) is 38.8 Å². The van der Waals surface area contributed by atoms with E-state index in [0.29, 0.717) is 29.2 Å². The molecule has 0 bridgehead atoms. The molecule has 126 valence electrons. The van der Waals surface area contributed by atoms with Gasteiger partial charge in [-0.05, 0) is 44.0 Å². The highest BCUT2D eigenvalue weighted by atomic mass is 35.5. The molecule has 5 nitrogen and oxygen atoms in total. The first-order valence-electron chi connectivity index (χ1n) is 7.59. The fourth-order valence-corrected chi connectivity index (χ4v) is 2.96. The summed E-state index contributed by atoms with van der Waals surface area (Å²) >= 11 is 5.61. The van der Waals surface area contributed by atoms with Crippen molar-refractivity contribution in [3.05, 3.63) is 29.3 Å². The number of rotatable bonds is 5. The number of methoxy groups -OCH3 is 1. The zero-order valence-electron chi connectivity index (χ0n) is 13.6. The van der Waals surface area contributed by atoms with Crippen molar-refractivity contribution in [1.82, 2.24) is 5.32 Å². The highest BCUT2D eigenvalue weighted by Crippen LogP contribution is 2.42. The number of ether oxygens (including phenoxy) is 1. The van der Waals surface area contributed by atoms with Gasteiger partial charge < -0.3 is 15.2 Å². The lowest BCUT2D eigenvalue weighted by molar-refractivity contribution is -0.123. The first kappa shape index (κ1) is 17.8. The molecule has 0 spiro atoms. The van der Waals surface area contributed by atoms with Crippen molar-refractivity contribution in [1.29, 1.82) is 0 Å². The molecule has 0 aliphatic heterocycles. The van der Waals surface area contributed by atoms with Crippen LogP contribution in [0.4, 0.5) is 0 Å². The van der Waals surface area contributed by atoms with Gasteiger partial charge in [-0.25, -0.2) is 0 Å². The maximum absolute atomic E-state index is 12.6. The number of alkyl halides is 1. The number of Topliss-reactive ketones (excluding diaryl/α,β-unsaturated/α-hetero) is 1. The van der Waals surface area contributed by atoms with Gasteiger partial charge in [0.25, 0.3) is 0 Å². The normalized spacial score (nSPS) is 22.4. The zero-order chi connectivity index (χ0) is 17.2. The maximum Gasteiger partial charge on any atom is 0.220 e. The van der Waals surface area contributed by atoms with E-state index in [2.05, 4.69) is 5.32 Å². The van der Waals surface area contributed by atoms with Crippen LogP contribution in [0.15, 0.2) is 18.2 Å². The third-order valence-electron chi connectivity index (χ3n) is 4.33. The molecule has 23 heavy (non-hydrogen) atoms. The molecule has 0 saturated carbocycles. The van der Waals surface area contributed by atoms with Crippen LogP contribution in [-0.2, 0) is 4.79 Å². The number of amides is 1. The molecule has 0 heterocycles. The van der Waals surface area contributed by atoms with E-state index < -0.39 is 17.6 Å². The predicted octanol–water partition coefficient (Wildman–Crippen LogP) is 2.45. The van der Waals surface area contributed by atoms with Gasteiger partial charge >= 0.3 is 0 Å². The Bertz CT molecular complexity index is 615. The van der Waals surface area contributed by atoms with Crippen LogP contribution >= 0.6 is 11.6 Å². The summed E-state index contributed by atoms with van der Waals surface area (Å²) in [5.41, 5.74) is 0.107. The molecule has 1 aliphatic rings. The van der Waals surface area contributed by atoms with E-state index >= 15 is 0 Å². The minimum absolute atomic E-state index is 0.145. The van der Waals surface area contributed by atoms with E-state index in [1.54, 1.807) is 32.0 Å². The molecular formula is C17H22ClNO4. The molecule has 0 aromatic heterocycles. The van der Waals surface area contributed by atoms with Gasteiger partial charge in [-0.1, -0.05) is 0 Å². The monoisotopic (exact) mass is 339 g/mol. The molecule has 2 N–H and O–H groups in total. The van der Waals surface area contributed by atoms with E-state index in [9.17, 15) is 14.7 Å². The van der Waals surface area contributed by atoms with Gasteiger partial charge in [-0.3, -0.25) is 9.59 Å². The lowest BCUT2D eigenvalue weighted by Crippen LogP contribution is -2.51. The fourth-order valence-electron chi connectivity index (χ4n) is 2.83. The van der Waals surface area contributed by atoms with Gasteiger partial charge in [0.1, 0.15) is 5.75 Å². The third kappa shape index (κ3) is 3.35. The number of nitrogens with one attached hydrogen (secondary N) is 1. The molecule has 2 atom stereocenters. The minimum Gasteiger partial charge on any atom is -0.497 e. The van der Waals surface area contributed by atoms with Crippen LogP contribution in [0.2, 0.25) is 0 Å². The Labute approximate surface area is 141 Å². The van der Waals surface area contributed by atoms with Crippen molar-refractivity contribution in [2.24, 2.45) is 5.41 Å². The zero-order valence-corrected chi connectivity index (χ0v) is 14.3. The number of ketones is 1. The molecule has 2 unspecified atom stereocenters. The summed E-state index contributed by atoms with van der Waals surface area (Å²) in [6.45, 7) is 3.37. The second kappa shape index (κ2) is 6.89. The Kier molecular flexibility index (Phi) is 5.32. The summed E-state index contributed by atoms with van der Waals surface area (Å²) in [6.07, 6.45) is -0.182. The van der Waals surface area contributed by atoms with Crippen molar-refractivity contribution < 1.29 is 19.4 Å². The highest BCUT2D eigenvalue weighted by molar-refractivity contribution is 6.17. The molecule has 1 aromatic carbocycles. The van der Waals surface area contributed by atoms with Crippen LogP contribution in [0, 0.1) is 5.41 Å². The SMILES string of the molecule is COc1ccc2c(c1)C(NC(=O)CCCCl)C(O)C(C)(C)C2=O. The smallest absolute Gasteiger partial charge is 0.220 e. The highest BCUT2D eigenvalue weighted by Gasteiger charge is 2.47. The summed E-state index contributed by atoms with van der Waals surface area (Å²) in [6, 6.07) is 4.42. The molecule has 0 saturated heterocycles. The van der Waals surface area contributed by atoms with Crippen molar-refractivity contribution >= 4 is 23.3 Å². The van der Waals surface area contributed by atoms with Crippen LogP contribution in [0.5, 0.6) is 5.75 Å². The number of aliphatic hydroxyl groups excluding tert-OH is 1. The molecule has 0 radical (unpaired) electrons. The summed E-state index contributed by atoms with van der Waals surface area (Å²) in [5.74, 6) is 0.626. The number of hydrogen-bond donors (Lipinski definition) is 2. The summed E-state index contributed by atoms with van der Waals surface area (Å²) in [4.78, 5) is 24.7. The molecule has 0 fully saturated rings. The Morgan fingerprint density at radius 1 is 1.43 bits per heavy atom. The van der Waals surface area contributed by atoms with Crippen molar-refractivity contribution in [2.75, 3.05) is 13.0 Å². The van der Waals surface area contributed by atoms with E-state index in [1.807, 2.05) is 0 Å². The molecule has 1 aromatic rings. The largest absolute Gasteiger partial charge is 0.497 e. The van der Waals surface area contributed by atoms with Gasteiger partial charge in [0.2, 0.25) is 5.91 Å². The second-order valence-electron chi connectivity index (χ2n) is 6.29. The first-order valence-corrected chi connectivity index (χ1v) is 8.12. The first-order chi connectivity index (χ1) is 10.8. The number of halogens is 1. The van der Waals surface area contributed by atoms with Gasteiger partial charge in [0.05, 0.1) is 24.7 Å². The summed E-state index contributed by atoms with van der Waals surface area (Å²) < 4.78 is 5.20. The Hall–Kier alpha value is -1.59. The van der Waals surface area contributed by atoms with Crippen LogP contribution < -0.4 is 10.1 Å². The Morgan fingerprint density at radius 2 is 2.13 bits per heavy atom. The third-order valence-corrected chi connectivity index (χ3v) is 4.60. The van der Waals surface area contributed by atoms with Gasteiger partial charge in [0, 0.05) is 17.9 Å². The predicted molar refractivity (Wildman–Crippen MR) is 88.0 cm³/mol. The van der Waals surface area contributed by atoms with E-state index in [-0.39, 0.29) is 18.1 Å². The van der Waals surface area contributed by atoms with Crippen LogP contribution in [0.1, 0.15) is 48.7 Å². The number of aliphatic hydroxyl groups is 1. The summed E-state index contributed by atoms with van der Waals surface area (Å²) in [7, 11) is 1.53. The van der Waals surface area contributed by atoms with Crippen LogP contribution in [0.25, 0.3) is 0 Å². The maximum atomic E-state index is 12.6. The fraction of sp³-hybridized carbons (Fsp3) is 0.529. The van der Waals surface area contributed by atoms with Gasteiger partial charge in [-0.2, -0.15) is 0 Å². The van der Waals surface area contributed by atoms with E-state index in [1.165, 1.54) is 7.11 Å². The molecule has 1 amide bonds. The quantitative estimate of drug-likeness (QED) is 0.808. The lowest BCUT2D eigenvalue weighted by atomic mass is 9.68. The number of carbonyl (C=O) groups is 2. The van der Waals surface area contributed by atoms with Gasteiger partial charge in [0.15, 0.2) is 5.78 Å². The average Bonchev–Trinajstić information content (AvgIpc) is 2.54. The Balaban J connectivity index is 2.41. The van der Waals surface area contributed by atoms with Crippen LogP contribution in [-0.4, -0.2) is 35.9 Å². The molecular weight excluding hydrogens is 318 g/mol. The topological polar surface area (TPSA) is 75.6 Å². The van der Waals surface area contributed by atoms with Crippen LogP contribution in [0.3, 0.4) is 0 Å². The lowest BCUT2D eigenvalue weighted by Gasteiger charge is -2.41. The average molecular weight is 340 g/mol. The number of carbonyl (C=O) groups excluding carboxylic acids is 2. The van der Waals surface area contributed by atoms with Gasteiger partial charge in [-0.15, -0.1) is 11.6 Å². The molecule has 6 heteroatoms. The summed E-state index contributed by atoms with van der Waals surface area (Å²) in [5, 5.41) is 13.5. The number of hydrogen-bond acceptors (Lipinski definition) is 4. The number of fused-ring (bicyclic) bond motifs is 1. The van der Waals surface area contributed by atoms with E-state index in [4.69, 9.17) is 16.3 Å². The number of benzene rings is 1. The van der Waals surface area contributed by atoms with E-state index in [0.717, 1.165) is 0 Å². The van der Waals surface area contributed by atoms with Crippen molar-refractivity contribution in [3.8, 4) is 5.75 Å².